The van der Waals surface area contributed by atoms with E-state index in [1.165, 1.54) is 12.0 Å². The lowest BCUT2D eigenvalue weighted by atomic mass is 10.1. The maximum atomic E-state index is 5.65. The molecule has 1 aliphatic heterocycles. The molecule has 1 saturated heterocycles. The van der Waals surface area contributed by atoms with Gasteiger partial charge >= 0.3 is 0 Å². The zero-order valence-corrected chi connectivity index (χ0v) is 10.9. The van der Waals surface area contributed by atoms with Gasteiger partial charge in [0.15, 0.2) is 0 Å². The summed E-state index contributed by atoms with van der Waals surface area (Å²) in [5.41, 5.74) is 1.41. The summed E-state index contributed by atoms with van der Waals surface area (Å²) in [5, 5.41) is 3.30. The molecule has 0 aromatic heterocycles. The first kappa shape index (κ1) is 13.5. The number of nitrogens with one attached hydrogen (secondary N) is 1. The van der Waals surface area contributed by atoms with Crippen molar-refractivity contribution < 1.29 is 9.47 Å². The zero-order valence-electron chi connectivity index (χ0n) is 10.9. The maximum absolute atomic E-state index is 5.65. The monoisotopic (exact) mass is 249 g/mol. The third-order valence-corrected chi connectivity index (χ3v) is 3.16. The van der Waals surface area contributed by atoms with Crippen molar-refractivity contribution in [2.24, 2.45) is 0 Å². The highest BCUT2D eigenvalue weighted by Crippen LogP contribution is 2.05. The van der Waals surface area contributed by atoms with Crippen molar-refractivity contribution in [2.45, 2.75) is 25.4 Å². The minimum atomic E-state index is 0.243. The van der Waals surface area contributed by atoms with Gasteiger partial charge in [-0.05, 0) is 24.8 Å². The first-order valence-corrected chi connectivity index (χ1v) is 6.89. The zero-order chi connectivity index (χ0) is 12.5. The predicted molar refractivity (Wildman–Crippen MR) is 72.8 cm³/mol. The Hall–Kier alpha value is -0.900. The van der Waals surface area contributed by atoms with Gasteiger partial charge in [0.25, 0.3) is 0 Å². The molecule has 1 aliphatic rings. The van der Waals surface area contributed by atoms with Crippen molar-refractivity contribution in [3.63, 3.8) is 0 Å². The summed E-state index contributed by atoms with van der Waals surface area (Å²) in [6.45, 7) is 4.25. The molecule has 0 spiro atoms. The molecule has 0 radical (unpaired) electrons. The van der Waals surface area contributed by atoms with E-state index in [4.69, 9.17) is 9.47 Å². The highest BCUT2D eigenvalue weighted by atomic mass is 16.5. The lowest BCUT2D eigenvalue weighted by Gasteiger charge is -2.23. The van der Waals surface area contributed by atoms with Crippen LogP contribution in [0.2, 0.25) is 0 Å². The molecule has 18 heavy (non-hydrogen) atoms. The second-order valence-corrected chi connectivity index (χ2v) is 4.71. The largest absolute Gasteiger partial charge is 0.379 e. The Kier molecular flexibility index (Phi) is 6.20. The van der Waals surface area contributed by atoms with Crippen molar-refractivity contribution in [1.82, 2.24) is 5.32 Å². The van der Waals surface area contributed by atoms with Crippen LogP contribution >= 0.6 is 0 Å². The summed E-state index contributed by atoms with van der Waals surface area (Å²) in [4.78, 5) is 0. The molecule has 1 aromatic rings. The van der Waals surface area contributed by atoms with Gasteiger partial charge in [-0.1, -0.05) is 30.3 Å². The minimum Gasteiger partial charge on any atom is -0.379 e. The van der Waals surface area contributed by atoms with Crippen LogP contribution < -0.4 is 5.32 Å². The number of morpholine rings is 1. The van der Waals surface area contributed by atoms with Crippen LogP contribution in [0.5, 0.6) is 0 Å². The first-order chi connectivity index (χ1) is 8.95. The van der Waals surface area contributed by atoms with Crippen LogP contribution in [0.1, 0.15) is 18.4 Å². The number of hydrogen-bond donors (Lipinski definition) is 1. The van der Waals surface area contributed by atoms with Gasteiger partial charge in [-0.2, -0.15) is 0 Å². The van der Waals surface area contributed by atoms with E-state index in [0.29, 0.717) is 0 Å². The van der Waals surface area contributed by atoms with Gasteiger partial charge in [-0.25, -0.2) is 0 Å². The number of aryl methyl sites for hydroxylation is 1. The van der Waals surface area contributed by atoms with Crippen molar-refractivity contribution >= 4 is 0 Å². The molecule has 1 atom stereocenters. The van der Waals surface area contributed by atoms with E-state index < -0.39 is 0 Å². The van der Waals surface area contributed by atoms with Crippen molar-refractivity contribution in [2.75, 3.05) is 32.9 Å². The van der Waals surface area contributed by atoms with Gasteiger partial charge in [-0.3, -0.25) is 0 Å². The van der Waals surface area contributed by atoms with E-state index in [1.54, 1.807) is 0 Å². The molecule has 1 aromatic carbocycles. The summed E-state index contributed by atoms with van der Waals surface area (Å²) >= 11 is 0. The smallest absolute Gasteiger partial charge is 0.0933 e. The second kappa shape index (κ2) is 8.25. The SMILES string of the molecule is c1ccc(CCCCOCC2CNCCO2)cc1. The van der Waals surface area contributed by atoms with Crippen LogP contribution in [0.4, 0.5) is 0 Å². The average molecular weight is 249 g/mol. The van der Waals surface area contributed by atoms with Gasteiger partial charge in [0, 0.05) is 19.7 Å². The predicted octanol–water partition coefficient (Wildman–Crippen LogP) is 2.01. The third kappa shape index (κ3) is 5.17. The number of benzene rings is 1. The molecule has 1 N–H and O–H groups in total. The van der Waals surface area contributed by atoms with Gasteiger partial charge in [0.2, 0.25) is 0 Å². The van der Waals surface area contributed by atoms with E-state index in [0.717, 1.165) is 45.8 Å². The molecular formula is C15H23NO2. The standard InChI is InChI=1S/C15H23NO2/c1-2-6-14(7-3-1)8-4-5-10-17-13-15-12-16-9-11-18-15/h1-3,6-7,15-16H,4-5,8-13H2. The second-order valence-electron chi connectivity index (χ2n) is 4.71. The van der Waals surface area contributed by atoms with E-state index in [9.17, 15) is 0 Å². The van der Waals surface area contributed by atoms with Crippen molar-refractivity contribution in [1.29, 1.82) is 0 Å². The van der Waals surface area contributed by atoms with Crippen LogP contribution in [-0.2, 0) is 15.9 Å². The first-order valence-electron chi connectivity index (χ1n) is 6.89. The fraction of sp³-hybridized carbons (Fsp3) is 0.600. The quantitative estimate of drug-likeness (QED) is 0.750. The Morgan fingerprint density at radius 1 is 1.22 bits per heavy atom. The summed E-state index contributed by atoms with van der Waals surface area (Å²) in [5.74, 6) is 0. The molecule has 0 saturated carbocycles. The van der Waals surface area contributed by atoms with E-state index >= 15 is 0 Å². The Balaban J connectivity index is 1.46. The van der Waals surface area contributed by atoms with E-state index in [-0.39, 0.29) is 6.10 Å². The lowest BCUT2D eigenvalue weighted by Crippen LogP contribution is -2.41. The fourth-order valence-electron chi connectivity index (χ4n) is 2.12. The molecule has 100 valence electrons. The molecule has 3 nitrogen and oxygen atoms in total. The van der Waals surface area contributed by atoms with E-state index in [2.05, 4.69) is 35.6 Å². The number of unbranched alkanes of at least 4 members (excludes halogenated alkanes) is 1. The number of rotatable bonds is 7. The molecule has 2 rings (SSSR count). The molecule has 0 amide bonds. The number of hydrogen-bond acceptors (Lipinski definition) is 3. The van der Waals surface area contributed by atoms with Gasteiger partial charge in [-0.15, -0.1) is 0 Å². The summed E-state index contributed by atoms with van der Waals surface area (Å²) in [6, 6.07) is 10.6. The minimum absolute atomic E-state index is 0.243. The Morgan fingerprint density at radius 3 is 2.89 bits per heavy atom. The van der Waals surface area contributed by atoms with E-state index in [1.807, 2.05) is 0 Å². The molecule has 0 aliphatic carbocycles. The highest BCUT2D eigenvalue weighted by Gasteiger charge is 2.12. The van der Waals surface area contributed by atoms with Crippen molar-refractivity contribution in [3.05, 3.63) is 35.9 Å². The number of ether oxygens (including phenoxy) is 2. The normalized spacial score (nSPS) is 19.9. The molecule has 0 bridgehead atoms. The fourth-order valence-corrected chi connectivity index (χ4v) is 2.12. The topological polar surface area (TPSA) is 30.5 Å². The van der Waals surface area contributed by atoms with Crippen LogP contribution in [-0.4, -0.2) is 39.0 Å². The van der Waals surface area contributed by atoms with Crippen LogP contribution in [0.15, 0.2) is 30.3 Å². The van der Waals surface area contributed by atoms with Gasteiger partial charge in [0.1, 0.15) is 0 Å². The van der Waals surface area contributed by atoms with Crippen molar-refractivity contribution in [3.8, 4) is 0 Å². The Morgan fingerprint density at radius 2 is 2.11 bits per heavy atom. The Bertz CT molecular complexity index is 310. The van der Waals surface area contributed by atoms with Crippen LogP contribution in [0.25, 0.3) is 0 Å². The summed E-state index contributed by atoms with van der Waals surface area (Å²) in [7, 11) is 0. The summed E-state index contributed by atoms with van der Waals surface area (Å²) < 4.78 is 11.2. The van der Waals surface area contributed by atoms with Crippen LogP contribution in [0, 0.1) is 0 Å². The highest BCUT2D eigenvalue weighted by molar-refractivity contribution is 5.14. The molecule has 1 heterocycles. The van der Waals surface area contributed by atoms with Crippen LogP contribution in [0.3, 0.4) is 0 Å². The molecule has 1 unspecified atom stereocenters. The lowest BCUT2D eigenvalue weighted by molar-refractivity contribution is -0.0318. The molecule has 3 heteroatoms. The summed E-state index contributed by atoms with van der Waals surface area (Å²) in [6.07, 6.45) is 3.70. The van der Waals surface area contributed by atoms with Gasteiger partial charge in [0.05, 0.1) is 19.3 Å². The molecule has 1 fully saturated rings. The third-order valence-electron chi connectivity index (χ3n) is 3.16. The average Bonchev–Trinajstić information content (AvgIpc) is 2.45. The molecular weight excluding hydrogens is 226 g/mol. The van der Waals surface area contributed by atoms with Gasteiger partial charge < -0.3 is 14.8 Å². The Labute approximate surface area is 109 Å². The maximum Gasteiger partial charge on any atom is 0.0933 e.